The van der Waals surface area contributed by atoms with Crippen LogP contribution in [0.2, 0.25) is 0 Å². The first kappa shape index (κ1) is 17.1. The zero-order chi connectivity index (χ0) is 18.0. The van der Waals surface area contributed by atoms with E-state index in [1.54, 1.807) is 14.2 Å². The number of hydrogen-bond donors (Lipinski definition) is 0. The van der Waals surface area contributed by atoms with Gasteiger partial charge in [0.15, 0.2) is 11.5 Å². The Morgan fingerprint density at radius 3 is 2.44 bits per heavy atom. The van der Waals surface area contributed by atoms with E-state index in [9.17, 15) is 4.79 Å². The third kappa shape index (κ3) is 3.00. The lowest BCUT2D eigenvalue weighted by molar-refractivity contribution is -0.113. The van der Waals surface area contributed by atoms with E-state index >= 15 is 0 Å². The van der Waals surface area contributed by atoms with E-state index in [4.69, 9.17) is 9.47 Å². The number of hydrogen-bond acceptors (Lipinski definition) is 3. The third-order valence-electron chi connectivity index (χ3n) is 4.48. The molecule has 1 aliphatic rings. The molecule has 130 valence electrons. The molecule has 25 heavy (non-hydrogen) atoms. The van der Waals surface area contributed by atoms with Crippen molar-refractivity contribution < 1.29 is 14.3 Å². The molecule has 0 saturated carbocycles. The minimum Gasteiger partial charge on any atom is -0.493 e. The Morgan fingerprint density at radius 1 is 1.08 bits per heavy atom. The van der Waals surface area contributed by atoms with Crippen molar-refractivity contribution in [3.8, 4) is 11.5 Å². The van der Waals surface area contributed by atoms with E-state index in [1.165, 1.54) is 0 Å². The number of carbonyl (C=O) groups is 1. The van der Waals surface area contributed by atoms with E-state index in [2.05, 4.69) is 6.92 Å². The number of aryl methyl sites for hydroxylation is 1. The summed E-state index contributed by atoms with van der Waals surface area (Å²) in [5.74, 6) is 1.40. The molecule has 0 spiro atoms. The largest absolute Gasteiger partial charge is 0.493 e. The fraction of sp³-hybridized carbons (Fsp3) is 0.286. The van der Waals surface area contributed by atoms with Crippen molar-refractivity contribution >= 4 is 23.2 Å². The van der Waals surface area contributed by atoms with Crippen LogP contribution in [0.25, 0.3) is 11.6 Å². The van der Waals surface area contributed by atoms with E-state index in [1.807, 2.05) is 54.3 Å². The van der Waals surface area contributed by atoms with Crippen molar-refractivity contribution in [1.29, 1.82) is 0 Å². The number of amides is 1. The van der Waals surface area contributed by atoms with Crippen LogP contribution in [-0.2, 0) is 4.79 Å². The van der Waals surface area contributed by atoms with Crippen LogP contribution in [0.5, 0.6) is 11.5 Å². The van der Waals surface area contributed by atoms with Gasteiger partial charge in [-0.1, -0.05) is 25.1 Å². The number of benzene rings is 2. The predicted octanol–water partition coefficient (Wildman–Crippen LogP) is 4.31. The number of nitrogens with zero attached hydrogens (tertiary/aromatic N) is 1. The molecule has 4 heteroatoms. The fourth-order valence-corrected chi connectivity index (χ4v) is 3.20. The van der Waals surface area contributed by atoms with E-state index < -0.39 is 0 Å². The first-order valence-corrected chi connectivity index (χ1v) is 8.46. The van der Waals surface area contributed by atoms with Gasteiger partial charge in [0.05, 0.1) is 19.9 Å². The lowest BCUT2D eigenvalue weighted by atomic mass is 10.0. The second kappa shape index (κ2) is 7.01. The highest BCUT2D eigenvalue weighted by Gasteiger charge is 2.31. The molecule has 0 aromatic heterocycles. The van der Waals surface area contributed by atoms with Crippen LogP contribution >= 0.6 is 0 Å². The molecule has 0 unspecified atom stereocenters. The first-order valence-electron chi connectivity index (χ1n) is 8.46. The van der Waals surface area contributed by atoms with Gasteiger partial charge in [-0.05, 0) is 48.7 Å². The average molecular weight is 337 g/mol. The van der Waals surface area contributed by atoms with Crippen LogP contribution in [0.1, 0.15) is 30.0 Å². The minimum absolute atomic E-state index is 0.0530. The smallest absolute Gasteiger partial charge is 0.258 e. The lowest BCUT2D eigenvalue weighted by Crippen LogP contribution is -2.26. The number of methoxy groups -OCH3 is 2. The summed E-state index contributed by atoms with van der Waals surface area (Å²) < 4.78 is 10.8. The molecule has 0 aliphatic carbocycles. The molecule has 0 atom stereocenters. The molecule has 0 bridgehead atoms. The maximum absolute atomic E-state index is 12.9. The van der Waals surface area contributed by atoms with Gasteiger partial charge in [-0.2, -0.15) is 0 Å². The highest BCUT2D eigenvalue weighted by atomic mass is 16.5. The topological polar surface area (TPSA) is 38.8 Å². The Kier molecular flexibility index (Phi) is 4.79. The summed E-state index contributed by atoms with van der Waals surface area (Å²) in [5, 5.41) is 0. The summed E-state index contributed by atoms with van der Waals surface area (Å²) in [6.07, 6.45) is 2.87. The van der Waals surface area contributed by atoms with E-state index in [0.29, 0.717) is 11.5 Å². The first-order chi connectivity index (χ1) is 12.1. The van der Waals surface area contributed by atoms with Crippen molar-refractivity contribution in [2.75, 3.05) is 25.7 Å². The van der Waals surface area contributed by atoms with Crippen molar-refractivity contribution in [2.45, 2.75) is 20.3 Å². The highest BCUT2D eigenvalue weighted by Crippen LogP contribution is 2.39. The maximum atomic E-state index is 12.9. The SMILES string of the molecule is CCCN1C(=O)/C(=C\c2cc(OC)c(OC)cc2C)c2ccccc21. The number of fused-ring (bicyclic) bond motifs is 1. The number of rotatable bonds is 5. The molecule has 2 aromatic carbocycles. The second-order valence-corrected chi connectivity index (χ2v) is 6.10. The highest BCUT2D eigenvalue weighted by molar-refractivity contribution is 6.35. The van der Waals surface area contributed by atoms with Crippen LogP contribution < -0.4 is 14.4 Å². The molecular weight excluding hydrogens is 314 g/mol. The Morgan fingerprint density at radius 2 is 1.76 bits per heavy atom. The van der Waals surface area contributed by atoms with Crippen LogP contribution in [-0.4, -0.2) is 26.7 Å². The molecule has 4 nitrogen and oxygen atoms in total. The average Bonchev–Trinajstić information content (AvgIpc) is 2.89. The molecule has 1 aliphatic heterocycles. The van der Waals surface area contributed by atoms with Crippen LogP contribution in [0.3, 0.4) is 0 Å². The van der Waals surface area contributed by atoms with Crippen molar-refractivity contribution in [2.24, 2.45) is 0 Å². The Balaban J connectivity index is 2.11. The summed E-state index contributed by atoms with van der Waals surface area (Å²) in [4.78, 5) is 14.8. The van der Waals surface area contributed by atoms with Crippen LogP contribution in [0, 0.1) is 6.92 Å². The summed E-state index contributed by atoms with van der Waals surface area (Å²) in [6.45, 7) is 4.80. The number of ether oxygens (including phenoxy) is 2. The van der Waals surface area contributed by atoms with Gasteiger partial charge in [0.2, 0.25) is 0 Å². The van der Waals surface area contributed by atoms with Crippen molar-refractivity contribution in [3.63, 3.8) is 0 Å². The number of para-hydroxylation sites is 1. The molecule has 0 saturated heterocycles. The van der Waals surface area contributed by atoms with Crippen LogP contribution in [0.15, 0.2) is 36.4 Å². The quantitative estimate of drug-likeness (QED) is 0.763. The van der Waals surface area contributed by atoms with Gasteiger partial charge in [-0.3, -0.25) is 4.79 Å². The predicted molar refractivity (Wildman–Crippen MR) is 101 cm³/mol. The van der Waals surface area contributed by atoms with Gasteiger partial charge in [0.1, 0.15) is 0 Å². The third-order valence-corrected chi connectivity index (χ3v) is 4.48. The van der Waals surface area contributed by atoms with Crippen molar-refractivity contribution in [3.05, 3.63) is 53.1 Å². The normalized spacial score (nSPS) is 14.8. The standard InChI is InChI=1S/C21H23NO3/c1-5-10-22-18-9-7-6-8-16(18)17(21(22)23)12-15-13-20(25-4)19(24-3)11-14(15)2/h6-9,11-13H,5,10H2,1-4H3/b17-12-. The fourth-order valence-electron chi connectivity index (χ4n) is 3.20. The molecule has 1 amide bonds. The zero-order valence-corrected chi connectivity index (χ0v) is 15.1. The molecule has 0 radical (unpaired) electrons. The number of anilines is 1. The van der Waals surface area contributed by atoms with Crippen molar-refractivity contribution in [1.82, 2.24) is 0 Å². The van der Waals surface area contributed by atoms with Crippen LogP contribution in [0.4, 0.5) is 5.69 Å². The van der Waals surface area contributed by atoms with Gasteiger partial charge in [0.25, 0.3) is 5.91 Å². The monoisotopic (exact) mass is 337 g/mol. The van der Waals surface area contributed by atoms with Gasteiger partial charge in [-0.25, -0.2) is 0 Å². The molecule has 2 aromatic rings. The summed E-state index contributed by atoms with van der Waals surface area (Å²) in [7, 11) is 3.23. The summed E-state index contributed by atoms with van der Waals surface area (Å²) in [6, 6.07) is 11.8. The molecule has 0 N–H and O–H groups in total. The van der Waals surface area contributed by atoms with E-state index in [0.717, 1.165) is 40.9 Å². The maximum Gasteiger partial charge on any atom is 0.258 e. The Labute approximate surface area is 148 Å². The summed E-state index contributed by atoms with van der Waals surface area (Å²) >= 11 is 0. The summed E-state index contributed by atoms with van der Waals surface area (Å²) in [5.41, 5.74) is 4.67. The minimum atomic E-state index is 0.0530. The van der Waals surface area contributed by atoms with Gasteiger partial charge < -0.3 is 14.4 Å². The van der Waals surface area contributed by atoms with Gasteiger partial charge >= 0.3 is 0 Å². The molecular formula is C21H23NO3. The Hall–Kier alpha value is -2.75. The zero-order valence-electron chi connectivity index (χ0n) is 15.1. The van der Waals surface area contributed by atoms with Gasteiger partial charge in [0, 0.05) is 17.7 Å². The van der Waals surface area contributed by atoms with Gasteiger partial charge in [-0.15, -0.1) is 0 Å². The van der Waals surface area contributed by atoms with E-state index in [-0.39, 0.29) is 5.91 Å². The molecule has 3 rings (SSSR count). The number of carbonyl (C=O) groups excluding carboxylic acids is 1. The lowest BCUT2D eigenvalue weighted by Gasteiger charge is -2.15. The molecule has 1 heterocycles. The second-order valence-electron chi connectivity index (χ2n) is 6.10. The molecule has 0 fully saturated rings. The Bertz CT molecular complexity index is 839.